The molecule has 1 saturated heterocycles. The first-order chi connectivity index (χ1) is 14.8. The summed E-state index contributed by atoms with van der Waals surface area (Å²) < 4.78 is 11.4. The molecule has 1 fully saturated rings. The SMILES string of the molecule is CC.CC(C(=O)OC(C)(C)C)N1CC(OCCCCCc2ccc3c(n2)NCCC3)C1. The van der Waals surface area contributed by atoms with Gasteiger partial charge < -0.3 is 14.8 Å². The number of hydrogen-bond donors (Lipinski definition) is 1. The maximum Gasteiger partial charge on any atom is 0.323 e. The Hall–Kier alpha value is -1.66. The number of nitrogens with zero attached hydrogens (tertiary/aromatic N) is 2. The van der Waals surface area contributed by atoms with E-state index in [1.54, 1.807) is 0 Å². The second-order valence-corrected chi connectivity index (χ2v) is 9.31. The molecule has 2 aliphatic heterocycles. The van der Waals surface area contributed by atoms with E-state index in [0.717, 1.165) is 64.2 Å². The molecule has 3 rings (SSSR count). The average Bonchev–Trinajstić information content (AvgIpc) is 2.71. The van der Waals surface area contributed by atoms with Crippen LogP contribution in [0.3, 0.4) is 0 Å². The second-order valence-electron chi connectivity index (χ2n) is 9.31. The molecule has 0 aromatic carbocycles. The highest BCUT2D eigenvalue weighted by molar-refractivity contribution is 5.75. The maximum atomic E-state index is 12.1. The molecule has 1 N–H and O–H groups in total. The molecule has 1 unspecified atom stereocenters. The van der Waals surface area contributed by atoms with Crippen molar-refractivity contribution in [1.29, 1.82) is 0 Å². The summed E-state index contributed by atoms with van der Waals surface area (Å²) >= 11 is 0. The normalized spacial score (nSPS) is 17.5. The summed E-state index contributed by atoms with van der Waals surface area (Å²) in [5.41, 5.74) is 2.10. The van der Waals surface area contributed by atoms with Gasteiger partial charge in [-0.25, -0.2) is 4.98 Å². The maximum absolute atomic E-state index is 12.1. The smallest absolute Gasteiger partial charge is 0.323 e. The molecule has 0 saturated carbocycles. The predicted octanol–water partition coefficient (Wildman–Crippen LogP) is 4.61. The van der Waals surface area contributed by atoms with E-state index < -0.39 is 5.60 Å². The van der Waals surface area contributed by atoms with Crippen LogP contribution in [0.2, 0.25) is 0 Å². The van der Waals surface area contributed by atoms with Crippen molar-refractivity contribution in [3.05, 3.63) is 23.4 Å². The first-order valence-electron chi connectivity index (χ1n) is 12.1. The van der Waals surface area contributed by atoms with Gasteiger partial charge in [0.25, 0.3) is 0 Å². The van der Waals surface area contributed by atoms with Gasteiger partial charge in [0.1, 0.15) is 17.5 Å². The second kappa shape index (κ2) is 12.4. The highest BCUT2D eigenvalue weighted by Crippen LogP contribution is 2.21. The van der Waals surface area contributed by atoms with Crippen LogP contribution in [0, 0.1) is 0 Å². The summed E-state index contributed by atoms with van der Waals surface area (Å²) in [5.74, 6) is 0.939. The van der Waals surface area contributed by atoms with Crippen molar-refractivity contribution in [3.63, 3.8) is 0 Å². The zero-order valence-corrected chi connectivity index (χ0v) is 20.5. The number of ether oxygens (including phenoxy) is 2. The van der Waals surface area contributed by atoms with Gasteiger partial charge >= 0.3 is 5.97 Å². The van der Waals surface area contributed by atoms with Crippen molar-refractivity contribution in [2.75, 3.05) is 31.6 Å². The summed E-state index contributed by atoms with van der Waals surface area (Å²) in [4.78, 5) is 19.0. The highest BCUT2D eigenvalue weighted by Gasteiger charge is 2.35. The van der Waals surface area contributed by atoms with Gasteiger partial charge in [-0.05, 0) is 71.4 Å². The summed E-state index contributed by atoms with van der Waals surface area (Å²) in [6.07, 6.45) is 6.97. The van der Waals surface area contributed by atoms with Gasteiger partial charge in [-0.2, -0.15) is 0 Å². The van der Waals surface area contributed by atoms with E-state index in [1.807, 2.05) is 41.5 Å². The fourth-order valence-corrected chi connectivity index (χ4v) is 3.77. The Morgan fingerprint density at radius 2 is 1.97 bits per heavy atom. The lowest BCUT2D eigenvalue weighted by Crippen LogP contribution is -2.58. The third-order valence-electron chi connectivity index (χ3n) is 5.55. The van der Waals surface area contributed by atoms with Crippen molar-refractivity contribution in [2.45, 2.75) is 97.8 Å². The topological polar surface area (TPSA) is 63.7 Å². The van der Waals surface area contributed by atoms with Crippen molar-refractivity contribution in [1.82, 2.24) is 9.88 Å². The molecule has 2 aliphatic rings. The molecule has 176 valence electrons. The molecule has 0 aliphatic carbocycles. The number of rotatable bonds is 9. The lowest BCUT2D eigenvalue weighted by atomic mass is 10.1. The Bertz CT molecular complexity index is 681. The summed E-state index contributed by atoms with van der Waals surface area (Å²) in [7, 11) is 0. The molecule has 1 aromatic heterocycles. The molecule has 0 radical (unpaired) electrons. The van der Waals surface area contributed by atoms with Crippen LogP contribution in [0.15, 0.2) is 12.1 Å². The molecule has 0 amide bonds. The number of likely N-dealkylation sites (tertiary alicyclic amines) is 1. The van der Waals surface area contributed by atoms with Gasteiger partial charge in [0, 0.05) is 31.9 Å². The molecule has 1 aromatic rings. The Morgan fingerprint density at radius 3 is 2.68 bits per heavy atom. The number of unbranched alkanes of at least 4 members (excludes halogenated alkanes) is 2. The minimum Gasteiger partial charge on any atom is -0.459 e. The molecule has 0 bridgehead atoms. The van der Waals surface area contributed by atoms with Crippen LogP contribution in [0.1, 0.15) is 78.5 Å². The lowest BCUT2D eigenvalue weighted by molar-refractivity contribution is -0.166. The Kier molecular flexibility index (Phi) is 10.2. The Labute approximate surface area is 189 Å². The van der Waals surface area contributed by atoms with Crippen LogP contribution in [0.25, 0.3) is 0 Å². The van der Waals surface area contributed by atoms with Crippen LogP contribution in [-0.2, 0) is 27.1 Å². The van der Waals surface area contributed by atoms with E-state index in [9.17, 15) is 4.79 Å². The van der Waals surface area contributed by atoms with E-state index in [2.05, 4.69) is 22.3 Å². The molecule has 3 heterocycles. The van der Waals surface area contributed by atoms with Crippen molar-refractivity contribution in [3.8, 4) is 0 Å². The molecule has 31 heavy (non-hydrogen) atoms. The summed E-state index contributed by atoms with van der Waals surface area (Å²) in [6, 6.07) is 4.21. The van der Waals surface area contributed by atoms with Crippen molar-refractivity contribution in [2.24, 2.45) is 0 Å². The Balaban J connectivity index is 0.00000166. The predicted molar refractivity (Wildman–Crippen MR) is 127 cm³/mol. The molecule has 6 nitrogen and oxygen atoms in total. The third kappa shape index (κ3) is 8.41. The van der Waals surface area contributed by atoms with Gasteiger partial charge in [-0.15, -0.1) is 0 Å². The first-order valence-corrected chi connectivity index (χ1v) is 12.1. The number of pyridine rings is 1. The van der Waals surface area contributed by atoms with Crippen LogP contribution in [-0.4, -0.2) is 59.8 Å². The van der Waals surface area contributed by atoms with Gasteiger partial charge in [-0.1, -0.05) is 26.3 Å². The number of anilines is 1. The van der Waals surface area contributed by atoms with Crippen molar-refractivity contribution >= 4 is 11.8 Å². The Morgan fingerprint density at radius 1 is 1.23 bits per heavy atom. The third-order valence-corrected chi connectivity index (χ3v) is 5.55. The first kappa shape index (κ1) is 25.6. The largest absolute Gasteiger partial charge is 0.459 e. The van der Waals surface area contributed by atoms with Crippen LogP contribution < -0.4 is 5.32 Å². The number of nitrogens with one attached hydrogen (secondary N) is 1. The number of fused-ring (bicyclic) bond motifs is 1. The summed E-state index contributed by atoms with van der Waals surface area (Å²) in [5, 5.41) is 3.40. The standard InChI is InChI=1S/C23H37N3O3.C2H6/c1-17(22(27)29-23(2,3)4)26-15-20(16-26)28-14-7-5-6-10-19-12-11-18-9-8-13-24-21(18)25-19;1-2/h11-12,17,20H,5-10,13-16H2,1-4H3,(H,24,25);1-2H3. The molecule has 6 heteroatoms. The number of esters is 1. The van der Waals surface area contributed by atoms with Crippen LogP contribution in [0.4, 0.5) is 5.82 Å². The minimum atomic E-state index is -0.433. The number of aromatic nitrogens is 1. The zero-order chi connectivity index (χ0) is 22.9. The molecule has 1 atom stereocenters. The number of carbonyl (C=O) groups excluding carboxylic acids is 1. The van der Waals surface area contributed by atoms with Crippen LogP contribution in [0.5, 0.6) is 0 Å². The van der Waals surface area contributed by atoms with Gasteiger partial charge in [-0.3, -0.25) is 9.69 Å². The minimum absolute atomic E-state index is 0.151. The van der Waals surface area contributed by atoms with Gasteiger partial charge in [0.2, 0.25) is 0 Å². The zero-order valence-electron chi connectivity index (χ0n) is 20.5. The summed E-state index contributed by atoms with van der Waals surface area (Å²) in [6.45, 7) is 15.1. The van der Waals surface area contributed by atoms with Crippen molar-refractivity contribution < 1.29 is 14.3 Å². The number of hydrogen-bond acceptors (Lipinski definition) is 6. The monoisotopic (exact) mass is 433 g/mol. The quantitative estimate of drug-likeness (QED) is 0.453. The van der Waals surface area contributed by atoms with E-state index in [4.69, 9.17) is 14.5 Å². The molecular formula is C25H43N3O3. The fourth-order valence-electron chi connectivity index (χ4n) is 3.77. The van der Waals surface area contributed by atoms with Gasteiger partial charge in [0.05, 0.1) is 6.10 Å². The van der Waals surface area contributed by atoms with Crippen LogP contribution >= 0.6 is 0 Å². The number of carbonyl (C=O) groups is 1. The lowest BCUT2D eigenvalue weighted by Gasteiger charge is -2.42. The van der Waals surface area contributed by atoms with E-state index in [0.29, 0.717) is 0 Å². The van der Waals surface area contributed by atoms with E-state index in [-0.39, 0.29) is 18.1 Å². The van der Waals surface area contributed by atoms with E-state index >= 15 is 0 Å². The highest BCUT2D eigenvalue weighted by atomic mass is 16.6. The van der Waals surface area contributed by atoms with E-state index in [1.165, 1.54) is 17.7 Å². The van der Waals surface area contributed by atoms with Gasteiger partial charge in [0.15, 0.2) is 0 Å². The fraction of sp³-hybridized carbons (Fsp3) is 0.760. The molecule has 0 spiro atoms. The number of aryl methyl sites for hydroxylation is 2. The molecular weight excluding hydrogens is 390 g/mol. The average molecular weight is 434 g/mol.